The first-order valence-corrected chi connectivity index (χ1v) is 10.2. The van der Waals surface area contributed by atoms with Gasteiger partial charge in [-0.25, -0.2) is 0 Å². The van der Waals surface area contributed by atoms with E-state index < -0.39 is 0 Å². The van der Waals surface area contributed by atoms with Crippen molar-refractivity contribution < 1.29 is 14.1 Å². The molecule has 7 heteroatoms. The Morgan fingerprint density at radius 1 is 1.22 bits per heavy atom. The molecule has 0 radical (unpaired) electrons. The molecule has 1 rings (SSSR count). The van der Waals surface area contributed by atoms with Crippen molar-refractivity contribution in [3.63, 3.8) is 0 Å². The molecule has 154 valence electrons. The molecule has 0 aromatic carbocycles. The Morgan fingerprint density at radius 3 is 2.48 bits per heavy atom. The number of amides is 2. The molecule has 2 amide bonds. The average Bonchev–Trinajstić information content (AvgIpc) is 3.05. The van der Waals surface area contributed by atoms with Gasteiger partial charge in [-0.1, -0.05) is 32.3 Å². The number of anilines is 1. The van der Waals surface area contributed by atoms with Crippen LogP contribution < -0.4 is 5.32 Å². The summed E-state index contributed by atoms with van der Waals surface area (Å²) >= 11 is 0. The molecule has 7 nitrogen and oxygen atoms in total. The predicted molar refractivity (Wildman–Crippen MR) is 108 cm³/mol. The summed E-state index contributed by atoms with van der Waals surface area (Å²) in [6.45, 7) is 13.3. The summed E-state index contributed by atoms with van der Waals surface area (Å²) in [5.41, 5.74) is 0. The second-order valence-corrected chi connectivity index (χ2v) is 7.01. The molecule has 0 saturated carbocycles. The Bertz CT molecular complexity index is 569. The van der Waals surface area contributed by atoms with Crippen LogP contribution in [0.5, 0.6) is 0 Å². The van der Waals surface area contributed by atoms with Gasteiger partial charge in [0.15, 0.2) is 5.82 Å². The molecule has 0 spiro atoms. The van der Waals surface area contributed by atoms with Gasteiger partial charge in [-0.2, -0.15) is 0 Å². The summed E-state index contributed by atoms with van der Waals surface area (Å²) in [7, 11) is 0. The highest BCUT2D eigenvalue weighted by Gasteiger charge is 2.23. The maximum atomic E-state index is 12.6. The number of hydrogen-bond donors (Lipinski definition) is 1. The number of carbonyl (C=O) groups is 2. The third-order valence-corrected chi connectivity index (χ3v) is 4.80. The summed E-state index contributed by atoms with van der Waals surface area (Å²) in [4.78, 5) is 29.1. The lowest BCUT2D eigenvalue weighted by atomic mass is 10.1. The van der Waals surface area contributed by atoms with Gasteiger partial charge in [-0.05, 0) is 52.7 Å². The zero-order chi connectivity index (χ0) is 20.2. The molecule has 0 saturated heterocycles. The Kier molecular flexibility index (Phi) is 10.7. The second kappa shape index (κ2) is 12.5. The van der Waals surface area contributed by atoms with Crippen LogP contribution in [0.1, 0.15) is 65.6 Å². The lowest BCUT2D eigenvalue weighted by Crippen LogP contribution is -2.44. The van der Waals surface area contributed by atoms with Crippen LogP contribution in [0.3, 0.4) is 0 Å². The number of nitrogens with one attached hydrogen (secondary N) is 1. The number of unbranched alkanes of at least 4 members (excludes halogenated alkanes) is 1. The van der Waals surface area contributed by atoms with Crippen LogP contribution in [0.4, 0.5) is 5.82 Å². The number of aromatic nitrogens is 1. The van der Waals surface area contributed by atoms with Gasteiger partial charge in [0.1, 0.15) is 12.3 Å². The number of hydrogen-bond acceptors (Lipinski definition) is 5. The fourth-order valence-electron chi connectivity index (χ4n) is 3.03. The van der Waals surface area contributed by atoms with Crippen molar-refractivity contribution in [1.82, 2.24) is 15.0 Å². The molecule has 1 aromatic rings. The zero-order valence-corrected chi connectivity index (χ0v) is 17.6. The van der Waals surface area contributed by atoms with Gasteiger partial charge < -0.3 is 19.6 Å². The Labute approximate surface area is 163 Å². The maximum absolute atomic E-state index is 12.6. The van der Waals surface area contributed by atoms with Gasteiger partial charge in [0.2, 0.25) is 11.8 Å². The van der Waals surface area contributed by atoms with Crippen molar-refractivity contribution in [2.75, 3.05) is 31.5 Å². The molecule has 27 heavy (non-hydrogen) atoms. The first-order chi connectivity index (χ1) is 12.9. The van der Waals surface area contributed by atoms with Gasteiger partial charge >= 0.3 is 0 Å². The third kappa shape index (κ3) is 8.56. The minimum Gasteiger partial charge on any atom is -0.360 e. The summed E-state index contributed by atoms with van der Waals surface area (Å²) in [5, 5.41) is 6.48. The van der Waals surface area contributed by atoms with Gasteiger partial charge in [0.25, 0.3) is 0 Å². The molecule has 0 bridgehead atoms. The Balaban J connectivity index is 2.64. The first kappa shape index (κ1) is 23.1. The zero-order valence-electron chi connectivity index (χ0n) is 17.6. The highest BCUT2D eigenvalue weighted by atomic mass is 16.5. The van der Waals surface area contributed by atoms with Crippen molar-refractivity contribution in [2.24, 2.45) is 0 Å². The normalized spacial score (nSPS) is 12.2. The fraction of sp³-hybridized carbons (Fsp3) is 0.750. The van der Waals surface area contributed by atoms with Gasteiger partial charge in [-0.3, -0.25) is 9.59 Å². The lowest BCUT2D eigenvalue weighted by molar-refractivity contribution is -0.137. The number of carbonyl (C=O) groups excluding carboxylic acids is 2. The topological polar surface area (TPSA) is 78.7 Å². The molecule has 0 aliphatic carbocycles. The van der Waals surface area contributed by atoms with E-state index >= 15 is 0 Å². The SMILES string of the molecule is CCCCC(=O)N(CC(=O)Nc1cc(C)on1)[C@@H](C)CCCN(CC)CC. The standard InChI is InChI=1S/C20H36N4O3/c1-6-9-12-20(26)24(16(4)11-10-13-23(7-2)8-3)15-19(25)21-18-14-17(5)27-22-18/h14,16H,6-13,15H2,1-5H3,(H,21,22,25)/t16-/m0/s1. The van der Waals surface area contributed by atoms with E-state index in [-0.39, 0.29) is 24.4 Å². The van der Waals surface area contributed by atoms with Gasteiger partial charge in [-0.15, -0.1) is 0 Å². The summed E-state index contributed by atoms with van der Waals surface area (Å²) in [6.07, 6.45) is 4.16. The highest BCUT2D eigenvalue weighted by molar-refractivity contribution is 5.93. The molecule has 0 unspecified atom stereocenters. The van der Waals surface area contributed by atoms with E-state index in [1.807, 2.05) is 6.92 Å². The van der Waals surface area contributed by atoms with E-state index in [1.54, 1.807) is 17.9 Å². The van der Waals surface area contributed by atoms with Crippen LogP contribution in [-0.4, -0.2) is 59.0 Å². The quantitative estimate of drug-likeness (QED) is 0.567. The molecular formula is C20H36N4O3. The fourth-order valence-corrected chi connectivity index (χ4v) is 3.03. The molecule has 1 N–H and O–H groups in total. The van der Waals surface area contributed by atoms with E-state index in [0.717, 1.165) is 45.3 Å². The molecular weight excluding hydrogens is 344 g/mol. The Morgan fingerprint density at radius 2 is 1.93 bits per heavy atom. The van der Waals surface area contributed by atoms with Crippen LogP contribution in [0.15, 0.2) is 10.6 Å². The third-order valence-electron chi connectivity index (χ3n) is 4.80. The smallest absolute Gasteiger partial charge is 0.245 e. The number of nitrogens with zero attached hydrogens (tertiary/aromatic N) is 3. The molecule has 1 atom stereocenters. The molecule has 1 heterocycles. The highest BCUT2D eigenvalue weighted by Crippen LogP contribution is 2.13. The summed E-state index contributed by atoms with van der Waals surface area (Å²) in [5.74, 6) is 0.806. The molecule has 1 aromatic heterocycles. The van der Waals surface area contributed by atoms with Crippen LogP contribution in [-0.2, 0) is 9.59 Å². The lowest BCUT2D eigenvalue weighted by Gasteiger charge is -2.29. The maximum Gasteiger partial charge on any atom is 0.245 e. The van der Waals surface area contributed by atoms with Crippen LogP contribution >= 0.6 is 0 Å². The molecule has 0 aliphatic heterocycles. The van der Waals surface area contributed by atoms with Crippen LogP contribution in [0.2, 0.25) is 0 Å². The average molecular weight is 381 g/mol. The van der Waals surface area contributed by atoms with Crippen molar-refractivity contribution in [1.29, 1.82) is 0 Å². The minimum absolute atomic E-state index is 0.0229. The monoisotopic (exact) mass is 380 g/mol. The Hall–Kier alpha value is -1.89. The first-order valence-electron chi connectivity index (χ1n) is 10.2. The molecule has 0 aliphatic rings. The van der Waals surface area contributed by atoms with Crippen LogP contribution in [0.25, 0.3) is 0 Å². The van der Waals surface area contributed by atoms with Crippen molar-refractivity contribution in [3.8, 4) is 0 Å². The number of rotatable bonds is 13. The van der Waals surface area contributed by atoms with Crippen molar-refractivity contribution in [2.45, 2.75) is 72.8 Å². The molecule has 0 fully saturated rings. The van der Waals surface area contributed by atoms with E-state index in [9.17, 15) is 9.59 Å². The van der Waals surface area contributed by atoms with E-state index in [2.05, 4.69) is 36.1 Å². The van der Waals surface area contributed by atoms with Gasteiger partial charge in [0.05, 0.1) is 0 Å². The van der Waals surface area contributed by atoms with E-state index in [0.29, 0.717) is 18.0 Å². The largest absolute Gasteiger partial charge is 0.360 e. The van der Waals surface area contributed by atoms with Gasteiger partial charge in [0, 0.05) is 18.5 Å². The number of aryl methyl sites for hydroxylation is 1. The van der Waals surface area contributed by atoms with Crippen molar-refractivity contribution >= 4 is 17.6 Å². The summed E-state index contributed by atoms with van der Waals surface area (Å²) in [6, 6.07) is 1.68. The van der Waals surface area contributed by atoms with Crippen LogP contribution in [0, 0.1) is 6.92 Å². The minimum atomic E-state index is -0.247. The summed E-state index contributed by atoms with van der Waals surface area (Å²) < 4.78 is 4.97. The van der Waals surface area contributed by atoms with E-state index in [4.69, 9.17) is 4.52 Å². The van der Waals surface area contributed by atoms with Crippen molar-refractivity contribution in [3.05, 3.63) is 11.8 Å². The van der Waals surface area contributed by atoms with E-state index in [1.165, 1.54) is 0 Å². The predicted octanol–water partition coefficient (Wildman–Crippen LogP) is 3.45. The second-order valence-electron chi connectivity index (χ2n) is 7.01.